The number of rotatable bonds is 6. The second kappa shape index (κ2) is 8.98. The van der Waals surface area contributed by atoms with Crippen LogP contribution in [0.1, 0.15) is 44.0 Å². The zero-order chi connectivity index (χ0) is 23.1. The molecule has 1 aliphatic carbocycles. The van der Waals surface area contributed by atoms with Gasteiger partial charge in [-0.25, -0.2) is 0 Å². The molecule has 1 aromatic heterocycles. The van der Waals surface area contributed by atoms with Gasteiger partial charge in [-0.05, 0) is 55.7 Å². The maximum absolute atomic E-state index is 13.4. The average molecular weight is 470 g/mol. The van der Waals surface area contributed by atoms with Crippen LogP contribution in [0.4, 0.5) is 0 Å². The molecular formula is C24H28ClN5O3. The van der Waals surface area contributed by atoms with E-state index in [1.165, 1.54) is 0 Å². The first kappa shape index (κ1) is 22.2. The summed E-state index contributed by atoms with van der Waals surface area (Å²) in [6.07, 6.45) is 3.00. The Bertz CT molecular complexity index is 1110. The Morgan fingerprint density at radius 1 is 1.36 bits per heavy atom. The molecule has 3 heterocycles. The van der Waals surface area contributed by atoms with Crippen molar-refractivity contribution < 1.29 is 14.7 Å². The molecule has 0 spiro atoms. The van der Waals surface area contributed by atoms with E-state index in [1.807, 2.05) is 23.1 Å². The van der Waals surface area contributed by atoms with Crippen molar-refractivity contribution in [2.45, 2.75) is 50.4 Å². The van der Waals surface area contributed by atoms with Crippen LogP contribution in [0, 0.1) is 29.1 Å². The molecule has 9 heteroatoms. The standard InChI is InChI=1S/C24H28ClN5O3/c25-18-5-2-6-19-17(18)10-20(29-19)24(33)30-12-14-3-1-4-16(14)21(30)23(32)28-15(11-26)9-13-7-8-27-22(13)31/h2,5-6,10,13-16,21,24,29,33H,1,3-4,7-9,12H2,(H,27,31)(H,28,32)/t13-,14-,15-,16-,21-,24?/m0/s1. The molecule has 8 nitrogen and oxygen atoms in total. The van der Waals surface area contributed by atoms with E-state index in [1.54, 1.807) is 6.07 Å². The lowest BCUT2D eigenvalue weighted by molar-refractivity contribution is -0.132. The summed E-state index contributed by atoms with van der Waals surface area (Å²) in [7, 11) is 0. The zero-order valence-electron chi connectivity index (χ0n) is 18.3. The summed E-state index contributed by atoms with van der Waals surface area (Å²) in [6.45, 7) is 1.23. The molecule has 0 bridgehead atoms. The monoisotopic (exact) mass is 469 g/mol. The number of aromatic amines is 1. The van der Waals surface area contributed by atoms with E-state index in [-0.39, 0.29) is 23.7 Å². The Morgan fingerprint density at radius 2 is 2.21 bits per heavy atom. The summed E-state index contributed by atoms with van der Waals surface area (Å²) in [5, 5.41) is 28.0. The molecule has 2 aliphatic heterocycles. The van der Waals surface area contributed by atoms with E-state index in [9.17, 15) is 20.0 Å². The van der Waals surface area contributed by atoms with Gasteiger partial charge in [-0.15, -0.1) is 0 Å². The maximum atomic E-state index is 13.4. The molecule has 2 aromatic rings. The van der Waals surface area contributed by atoms with Gasteiger partial charge >= 0.3 is 0 Å². The van der Waals surface area contributed by atoms with Crippen LogP contribution in [-0.2, 0) is 9.59 Å². The number of halogens is 1. The summed E-state index contributed by atoms with van der Waals surface area (Å²) in [5.41, 5.74) is 1.42. The Kier molecular flexibility index (Phi) is 6.04. The lowest BCUT2D eigenvalue weighted by atomic mass is 9.92. The average Bonchev–Trinajstić information content (AvgIpc) is 3.56. The number of amides is 2. The highest BCUT2D eigenvalue weighted by Gasteiger charge is 2.50. The number of nitriles is 1. The van der Waals surface area contributed by atoms with Crippen molar-refractivity contribution in [3.05, 3.63) is 35.0 Å². The third-order valence-electron chi connectivity index (χ3n) is 7.57. The number of aliphatic hydroxyl groups is 1. The highest BCUT2D eigenvalue weighted by atomic mass is 35.5. The summed E-state index contributed by atoms with van der Waals surface area (Å²) in [5.74, 6) is -0.0833. The molecule has 1 unspecified atom stereocenters. The number of nitrogens with one attached hydrogen (secondary N) is 3. The molecule has 6 atom stereocenters. The minimum atomic E-state index is -0.990. The Labute approximate surface area is 197 Å². The van der Waals surface area contributed by atoms with Gasteiger partial charge in [0.1, 0.15) is 12.3 Å². The zero-order valence-corrected chi connectivity index (χ0v) is 19.0. The molecule has 3 fully saturated rings. The number of hydrogen-bond donors (Lipinski definition) is 4. The van der Waals surface area contributed by atoms with Crippen molar-refractivity contribution in [1.82, 2.24) is 20.5 Å². The molecule has 2 amide bonds. The number of benzene rings is 1. The van der Waals surface area contributed by atoms with Gasteiger partial charge in [-0.2, -0.15) is 5.26 Å². The highest BCUT2D eigenvalue weighted by molar-refractivity contribution is 6.35. The van der Waals surface area contributed by atoms with Gasteiger partial charge in [0.05, 0.1) is 17.8 Å². The minimum Gasteiger partial charge on any atom is -0.372 e. The molecule has 4 N–H and O–H groups in total. The van der Waals surface area contributed by atoms with Gasteiger partial charge in [0.2, 0.25) is 11.8 Å². The van der Waals surface area contributed by atoms with E-state index in [2.05, 4.69) is 21.7 Å². The van der Waals surface area contributed by atoms with Crippen molar-refractivity contribution in [3.8, 4) is 6.07 Å². The number of aliphatic hydroxyl groups excluding tert-OH is 1. The van der Waals surface area contributed by atoms with Crippen LogP contribution in [0.2, 0.25) is 5.02 Å². The molecule has 5 rings (SSSR count). The molecule has 1 aromatic carbocycles. The van der Waals surface area contributed by atoms with E-state index in [0.717, 1.165) is 30.2 Å². The minimum absolute atomic E-state index is 0.0595. The second-order valence-corrected chi connectivity index (χ2v) is 9.91. The lowest BCUT2D eigenvalue weighted by Gasteiger charge is -2.31. The van der Waals surface area contributed by atoms with Gasteiger partial charge in [0.15, 0.2) is 0 Å². The number of fused-ring (bicyclic) bond motifs is 2. The molecular weight excluding hydrogens is 442 g/mol. The maximum Gasteiger partial charge on any atom is 0.238 e. The molecule has 2 saturated heterocycles. The van der Waals surface area contributed by atoms with Crippen molar-refractivity contribution in [2.24, 2.45) is 17.8 Å². The SMILES string of the molecule is N#C[C@H](C[C@@H]1CCNC1=O)NC(=O)[C@@H]1[C@H]2CCC[C@H]2CN1C(O)c1cc2c(Cl)cccc2[nH]1. The van der Waals surface area contributed by atoms with Crippen LogP contribution in [0.5, 0.6) is 0 Å². The van der Waals surface area contributed by atoms with Crippen LogP contribution in [-0.4, -0.2) is 52.0 Å². The summed E-state index contributed by atoms with van der Waals surface area (Å²) in [6, 6.07) is 8.27. The van der Waals surface area contributed by atoms with E-state index < -0.39 is 18.3 Å². The predicted molar refractivity (Wildman–Crippen MR) is 123 cm³/mol. The van der Waals surface area contributed by atoms with E-state index >= 15 is 0 Å². The molecule has 1 saturated carbocycles. The second-order valence-electron chi connectivity index (χ2n) is 9.50. The molecule has 3 aliphatic rings. The molecule has 174 valence electrons. The van der Waals surface area contributed by atoms with Crippen molar-refractivity contribution in [1.29, 1.82) is 5.26 Å². The number of H-pyrrole nitrogens is 1. The van der Waals surface area contributed by atoms with Crippen LogP contribution < -0.4 is 10.6 Å². The van der Waals surface area contributed by atoms with Crippen LogP contribution in [0.15, 0.2) is 24.3 Å². The number of aromatic nitrogens is 1. The smallest absolute Gasteiger partial charge is 0.238 e. The first-order valence-corrected chi connectivity index (χ1v) is 12.0. The first-order valence-electron chi connectivity index (χ1n) is 11.6. The summed E-state index contributed by atoms with van der Waals surface area (Å²) < 4.78 is 0. The fourth-order valence-electron chi connectivity index (χ4n) is 5.95. The largest absolute Gasteiger partial charge is 0.372 e. The topological polar surface area (TPSA) is 121 Å². The Morgan fingerprint density at radius 3 is 2.94 bits per heavy atom. The Balaban J connectivity index is 1.36. The van der Waals surface area contributed by atoms with Crippen molar-refractivity contribution in [2.75, 3.05) is 13.1 Å². The fourth-order valence-corrected chi connectivity index (χ4v) is 6.18. The number of likely N-dealkylation sites (tertiary alicyclic amines) is 1. The summed E-state index contributed by atoms with van der Waals surface area (Å²) in [4.78, 5) is 30.4. The molecule has 0 radical (unpaired) electrons. The third-order valence-corrected chi connectivity index (χ3v) is 7.90. The van der Waals surface area contributed by atoms with Crippen molar-refractivity contribution >= 4 is 34.3 Å². The number of hydrogen-bond acceptors (Lipinski definition) is 5. The van der Waals surface area contributed by atoms with Gasteiger partial charge in [-0.3, -0.25) is 14.5 Å². The summed E-state index contributed by atoms with van der Waals surface area (Å²) >= 11 is 6.31. The van der Waals surface area contributed by atoms with Gasteiger partial charge in [0, 0.05) is 34.9 Å². The number of carbonyl (C=O) groups excluding carboxylic acids is 2. The Hall–Kier alpha value is -2.60. The van der Waals surface area contributed by atoms with Crippen LogP contribution in [0.3, 0.4) is 0 Å². The fraction of sp³-hybridized carbons (Fsp3) is 0.542. The van der Waals surface area contributed by atoms with Gasteiger partial charge < -0.3 is 20.7 Å². The number of nitrogens with zero attached hydrogens (tertiary/aromatic N) is 2. The normalized spacial score (nSPS) is 28.9. The number of carbonyl (C=O) groups is 2. The van der Waals surface area contributed by atoms with Crippen LogP contribution in [0.25, 0.3) is 10.9 Å². The predicted octanol–water partition coefficient (Wildman–Crippen LogP) is 2.45. The van der Waals surface area contributed by atoms with Crippen molar-refractivity contribution in [3.63, 3.8) is 0 Å². The third kappa shape index (κ3) is 4.10. The van der Waals surface area contributed by atoms with Gasteiger partial charge in [0.25, 0.3) is 0 Å². The van der Waals surface area contributed by atoms with Crippen LogP contribution >= 0.6 is 11.6 Å². The lowest BCUT2D eigenvalue weighted by Crippen LogP contribution is -2.50. The van der Waals surface area contributed by atoms with E-state index in [0.29, 0.717) is 42.6 Å². The highest BCUT2D eigenvalue weighted by Crippen LogP contribution is 2.45. The van der Waals surface area contributed by atoms with E-state index in [4.69, 9.17) is 11.6 Å². The quantitative estimate of drug-likeness (QED) is 0.517. The first-order chi connectivity index (χ1) is 16.0. The van der Waals surface area contributed by atoms with Gasteiger partial charge in [-0.1, -0.05) is 24.1 Å². The molecule has 33 heavy (non-hydrogen) atoms.